The van der Waals surface area contributed by atoms with Crippen LogP contribution in [0.3, 0.4) is 0 Å². The van der Waals surface area contributed by atoms with E-state index in [1.54, 1.807) is 0 Å². The summed E-state index contributed by atoms with van der Waals surface area (Å²) in [6, 6.07) is 140. The van der Waals surface area contributed by atoms with E-state index in [0.29, 0.717) is 0 Å². The Morgan fingerprint density at radius 2 is 0.569 bits per heavy atom. The fraction of sp³-hybridized carbons (Fsp3) is 0.0769. The third-order valence-corrected chi connectivity index (χ3v) is 22.5. The standard InChI is InChI=1S/C51H38N2.C27H23N.C24H16BrN.2CH4/c1-51(2)47-19-11-9-17-43(47)44-32-30-42(34-48(44)51)52(40-26-21-36(22-27-40)35-13-5-3-6-14-35)41-28-23-37(24-29-41)38-25-31-46-45-18-10-12-20-49(45)53(50(46)33-38)39-15-7-4-8-16-39;1-27(2)25-11-7-6-10-23(25)24-17-16-22(18-26(24)27)28-21-14-12-20(13-15-21)19-8-4-3-5-9-19;25-19-13-10-17(11-14-19)18-12-15-22-21-8-4-5-9-23(21)26(24(22)16-18)20-6-2-1-3-7-20;;/h3-34H,1-2H3;3-18,28H,1-2H3;1-16H;2*1H4. The summed E-state index contributed by atoms with van der Waals surface area (Å²) >= 11 is 3.52. The van der Waals surface area contributed by atoms with Gasteiger partial charge in [0.05, 0.1) is 22.1 Å². The van der Waals surface area contributed by atoms with Crippen molar-refractivity contribution in [1.29, 1.82) is 0 Å². The number of benzene rings is 16. The lowest BCUT2D eigenvalue weighted by atomic mass is 9.82. The molecule has 2 heterocycles. The first-order valence-electron chi connectivity index (χ1n) is 36.9. The van der Waals surface area contributed by atoms with Gasteiger partial charge in [0.25, 0.3) is 0 Å². The van der Waals surface area contributed by atoms with Crippen molar-refractivity contribution >= 4 is 88.0 Å². The maximum absolute atomic E-state index is 3.58. The molecule has 528 valence electrons. The number of nitrogens with zero attached hydrogens (tertiary/aromatic N) is 3. The first-order chi connectivity index (χ1) is 52.5. The molecular formula is C104H85BrN4. The molecule has 2 aliphatic rings. The highest BCUT2D eigenvalue weighted by Gasteiger charge is 2.37. The van der Waals surface area contributed by atoms with Crippen molar-refractivity contribution in [3.8, 4) is 78.1 Å². The van der Waals surface area contributed by atoms with Gasteiger partial charge >= 0.3 is 0 Å². The number of hydrogen-bond donors (Lipinski definition) is 1. The summed E-state index contributed by atoms with van der Waals surface area (Å²) in [6.07, 6.45) is 0. The lowest BCUT2D eigenvalue weighted by molar-refractivity contribution is 0.660. The topological polar surface area (TPSA) is 25.1 Å². The summed E-state index contributed by atoms with van der Waals surface area (Å²) < 4.78 is 5.84. The minimum atomic E-state index is -0.0878. The number of halogens is 1. The van der Waals surface area contributed by atoms with Crippen LogP contribution < -0.4 is 10.2 Å². The molecule has 0 unspecified atom stereocenters. The molecule has 109 heavy (non-hydrogen) atoms. The maximum atomic E-state index is 3.58. The summed E-state index contributed by atoms with van der Waals surface area (Å²) in [6.45, 7) is 9.33. The van der Waals surface area contributed by atoms with E-state index in [1.165, 1.54) is 144 Å². The molecule has 2 aliphatic carbocycles. The Bertz CT molecular complexity index is 6300. The monoisotopic (exact) mass is 1470 g/mol. The predicted molar refractivity (Wildman–Crippen MR) is 470 cm³/mol. The molecule has 0 radical (unpaired) electrons. The van der Waals surface area contributed by atoms with Gasteiger partial charge in [-0.3, -0.25) is 0 Å². The van der Waals surface area contributed by atoms with Crippen LogP contribution >= 0.6 is 15.9 Å². The van der Waals surface area contributed by atoms with Gasteiger partial charge in [0.15, 0.2) is 0 Å². The lowest BCUT2D eigenvalue weighted by Gasteiger charge is -2.28. The molecule has 0 spiro atoms. The molecule has 4 nitrogen and oxygen atoms in total. The van der Waals surface area contributed by atoms with E-state index < -0.39 is 0 Å². The van der Waals surface area contributed by atoms with Crippen molar-refractivity contribution < 1.29 is 0 Å². The van der Waals surface area contributed by atoms with Crippen LogP contribution in [0.1, 0.15) is 64.8 Å². The summed E-state index contributed by atoms with van der Waals surface area (Å²) in [7, 11) is 0. The summed E-state index contributed by atoms with van der Waals surface area (Å²) in [5, 5.41) is 8.67. The van der Waals surface area contributed by atoms with E-state index in [1.807, 2.05) is 6.07 Å². The Morgan fingerprint density at radius 3 is 1.04 bits per heavy atom. The van der Waals surface area contributed by atoms with E-state index >= 15 is 0 Å². The van der Waals surface area contributed by atoms with Gasteiger partial charge in [-0.05, 0) is 210 Å². The fourth-order valence-electron chi connectivity index (χ4n) is 16.5. The molecule has 0 atom stereocenters. The van der Waals surface area contributed by atoms with E-state index in [4.69, 9.17) is 0 Å². The maximum Gasteiger partial charge on any atom is 0.0547 e. The molecule has 0 fully saturated rings. The van der Waals surface area contributed by atoms with Crippen LogP contribution in [-0.4, -0.2) is 9.13 Å². The highest BCUT2D eigenvalue weighted by atomic mass is 79.9. The molecular weight excluding hydrogens is 1390 g/mol. The Labute approximate surface area is 649 Å². The lowest BCUT2D eigenvalue weighted by Crippen LogP contribution is -2.16. The molecule has 18 aromatic rings. The van der Waals surface area contributed by atoms with Crippen LogP contribution in [0.25, 0.3) is 122 Å². The number of fused-ring (bicyclic) bond motifs is 12. The summed E-state index contributed by atoms with van der Waals surface area (Å²) in [4.78, 5) is 2.40. The van der Waals surface area contributed by atoms with Crippen molar-refractivity contribution in [1.82, 2.24) is 9.13 Å². The fourth-order valence-corrected chi connectivity index (χ4v) is 16.8. The van der Waals surface area contributed by atoms with Crippen LogP contribution in [-0.2, 0) is 10.8 Å². The molecule has 0 saturated carbocycles. The normalized spacial score (nSPS) is 12.4. The molecule has 0 saturated heterocycles. The minimum Gasteiger partial charge on any atom is -0.356 e. The number of rotatable bonds is 11. The highest BCUT2D eigenvalue weighted by molar-refractivity contribution is 9.10. The van der Waals surface area contributed by atoms with E-state index in [-0.39, 0.29) is 25.7 Å². The molecule has 1 N–H and O–H groups in total. The van der Waals surface area contributed by atoms with Crippen molar-refractivity contribution in [2.24, 2.45) is 0 Å². The number of nitrogens with one attached hydrogen (secondary N) is 1. The second kappa shape index (κ2) is 29.5. The molecule has 16 aromatic carbocycles. The largest absolute Gasteiger partial charge is 0.356 e. The Hall–Kier alpha value is -12.8. The van der Waals surface area contributed by atoms with Gasteiger partial charge in [-0.2, -0.15) is 0 Å². The Balaban J connectivity index is 0.000000136. The predicted octanol–water partition coefficient (Wildman–Crippen LogP) is 29.8. The van der Waals surface area contributed by atoms with Crippen LogP contribution in [0.4, 0.5) is 28.4 Å². The van der Waals surface area contributed by atoms with E-state index in [2.05, 4.69) is 445 Å². The third kappa shape index (κ3) is 13.1. The second-order valence-electron chi connectivity index (χ2n) is 29.0. The number of hydrogen-bond acceptors (Lipinski definition) is 2. The van der Waals surface area contributed by atoms with Gasteiger partial charge in [0.1, 0.15) is 0 Å². The first kappa shape index (κ1) is 70.5. The van der Waals surface area contributed by atoms with Crippen LogP contribution in [0.5, 0.6) is 0 Å². The summed E-state index contributed by atoms with van der Waals surface area (Å²) in [5.41, 5.74) is 33.5. The number of para-hydroxylation sites is 4. The molecule has 20 rings (SSSR count). The van der Waals surface area contributed by atoms with Gasteiger partial charge in [-0.1, -0.05) is 325 Å². The van der Waals surface area contributed by atoms with Crippen molar-refractivity contribution in [3.05, 3.63) is 415 Å². The molecule has 0 aliphatic heterocycles. The van der Waals surface area contributed by atoms with E-state index in [9.17, 15) is 0 Å². The van der Waals surface area contributed by atoms with Crippen molar-refractivity contribution in [2.75, 3.05) is 10.2 Å². The van der Waals surface area contributed by atoms with Gasteiger partial charge in [0.2, 0.25) is 0 Å². The zero-order chi connectivity index (χ0) is 72.2. The first-order valence-corrected chi connectivity index (χ1v) is 37.7. The molecule has 0 bridgehead atoms. The van der Waals surface area contributed by atoms with E-state index in [0.717, 1.165) is 32.9 Å². The van der Waals surface area contributed by atoms with Gasteiger partial charge in [-0.15, -0.1) is 0 Å². The second-order valence-corrected chi connectivity index (χ2v) is 30.0. The van der Waals surface area contributed by atoms with Crippen LogP contribution in [0, 0.1) is 0 Å². The number of anilines is 5. The van der Waals surface area contributed by atoms with Crippen LogP contribution in [0.15, 0.2) is 393 Å². The minimum absolute atomic E-state index is 0. The SMILES string of the molecule is Brc1ccc(-c2ccc3c4ccccc4n(-c4ccccc4)c3c2)cc1.C.C.CC1(C)c2ccccc2-c2ccc(N(c3ccc(-c4ccccc4)cc3)c3ccc(-c4ccc5c6ccccc6n(-c6ccccc6)c5c4)cc3)cc21.CC1(C)c2ccccc2-c2ccc(Nc3ccc(-c4ccccc4)cc3)cc21. The van der Waals surface area contributed by atoms with Crippen molar-refractivity contribution in [2.45, 2.75) is 53.4 Å². The Kier molecular flexibility index (Phi) is 19.1. The van der Waals surface area contributed by atoms with Crippen LogP contribution in [0.2, 0.25) is 0 Å². The third-order valence-electron chi connectivity index (χ3n) is 21.9. The quantitative estimate of drug-likeness (QED) is 0.140. The van der Waals surface area contributed by atoms with Gasteiger partial charge in [-0.25, -0.2) is 0 Å². The molecule has 2 aromatic heterocycles. The van der Waals surface area contributed by atoms with Crippen molar-refractivity contribution in [3.63, 3.8) is 0 Å². The zero-order valence-electron chi connectivity index (χ0n) is 60.2. The average molecular weight is 1470 g/mol. The van der Waals surface area contributed by atoms with Gasteiger partial charge in [0, 0.05) is 76.7 Å². The van der Waals surface area contributed by atoms with Gasteiger partial charge < -0.3 is 19.4 Å². The molecule has 0 amide bonds. The molecule has 5 heteroatoms. The highest BCUT2D eigenvalue weighted by Crippen LogP contribution is 2.52. The smallest absolute Gasteiger partial charge is 0.0547 e. The Morgan fingerprint density at radius 1 is 0.248 bits per heavy atom. The average Bonchev–Trinajstić information content (AvgIpc) is 1.60. The summed E-state index contributed by atoms with van der Waals surface area (Å²) in [5.74, 6) is 0. The zero-order valence-corrected chi connectivity index (χ0v) is 61.8. The number of aromatic nitrogens is 2.